The van der Waals surface area contributed by atoms with Gasteiger partial charge in [0.1, 0.15) is 0 Å². The highest BCUT2D eigenvalue weighted by molar-refractivity contribution is 5.97. The van der Waals surface area contributed by atoms with Gasteiger partial charge in [0.25, 0.3) is 11.5 Å². The normalized spacial score (nSPS) is 10.9. The van der Waals surface area contributed by atoms with Gasteiger partial charge < -0.3 is 4.57 Å². The minimum Gasteiger partial charge on any atom is -0.312 e. The Labute approximate surface area is 104 Å². The Hall–Kier alpha value is -2.14. The van der Waals surface area contributed by atoms with Gasteiger partial charge in [-0.15, -0.1) is 0 Å². The van der Waals surface area contributed by atoms with Crippen molar-refractivity contribution >= 4 is 16.7 Å². The summed E-state index contributed by atoms with van der Waals surface area (Å²) in [6.07, 6.45) is 1.74. The molecule has 0 saturated carbocycles. The third kappa shape index (κ3) is 2.00. The number of benzene rings is 1. The first-order chi connectivity index (χ1) is 8.54. The van der Waals surface area contributed by atoms with Crippen LogP contribution in [-0.2, 0) is 0 Å². The zero-order chi connectivity index (χ0) is 13.3. The van der Waals surface area contributed by atoms with Gasteiger partial charge in [0.2, 0.25) is 0 Å². The van der Waals surface area contributed by atoms with E-state index in [1.54, 1.807) is 28.4 Å². The lowest BCUT2D eigenvalue weighted by molar-refractivity contribution is 0.0706. The number of aromatic nitrogens is 1. The van der Waals surface area contributed by atoms with Crippen molar-refractivity contribution in [3.8, 4) is 0 Å². The highest BCUT2D eigenvalue weighted by Gasteiger charge is 2.09. The number of carbonyl (C=O) groups excluding carboxylic acids is 1. The van der Waals surface area contributed by atoms with Gasteiger partial charge in [-0.2, -0.15) is 0 Å². The molecule has 5 nitrogen and oxygen atoms in total. The van der Waals surface area contributed by atoms with Crippen molar-refractivity contribution in [2.75, 3.05) is 0 Å². The number of fused-ring (bicyclic) bond motifs is 1. The standard InChI is InChI=1S/C13H14N2O3/c1-8(2)15-6-5-9-3-4-10(12(16)14-18)7-11(9)13(15)17/h3-8,18H,1-2H3,(H,14,16). The molecule has 0 bridgehead atoms. The topological polar surface area (TPSA) is 71.3 Å². The number of nitrogens with one attached hydrogen (secondary N) is 1. The van der Waals surface area contributed by atoms with Gasteiger partial charge in [-0.3, -0.25) is 14.8 Å². The number of amides is 1. The molecule has 1 aromatic carbocycles. The Balaban J connectivity index is 2.71. The summed E-state index contributed by atoms with van der Waals surface area (Å²) in [6, 6.07) is 6.62. The molecule has 2 N–H and O–H groups in total. The van der Waals surface area contributed by atoms with Gasteiger partial charge in [0.05, 0.1) is 0 Å². The van der Waals surface area contributed by atoms with E-state index in [9.17, 15) is 9.59 Å². The molecular formula is C13H14N2O3. The monoisotopic (exact) mass is 246 g/mol. The van der Waals surface area contributed by atoms with Crippen LogP contribution in [0.25, 0.3) is 10.8 Å². The largest absolute Gasteiger partial charge is 0.312 e. The Morgan fingerprint density at radius 1 is 1.33 bits per heavy atom. The number of nitrogens with zero attached hydrogens (tertiary/aromatic N) is 1. The summed E-state index contributed by atoms with van der Waals surface area (Å²) in [5.41, 5.74) is 1.66. The second-order valence-electron chi connectivity index (χ2n) is 4.36. The molecular weight excluding hydrogens is 232 g/mol. The Morgan fingerprint density at radius 2 is 2.06 bits per heavy atom. The van der Waals surface area contributed by atoms with Gasteiger partial charge in [0.15, 0.2) is 0 Å². The maximum atomic E-state index is 12.2. The van der Waals surface area contributed by atoms with Crippen LogP contribution in [0.4, 0.5) is 0 Å². The summed E-state index contributed by atoms with van der Waals surface area (Å²) < 4.78 is 1.60. The summed E-state index contributed by atoms with van der Waals surface area (Å²) in [7, 11) is 0. The lowest BCUT2D eigenvalue weighted by Crippen LogP contribution is -2.22. The molecule has 0 aliphatic heterocycles. The van der Waals surface area contributed by atoms with E-state index in [0.29, 0.717) is 5.39 Å². The zero-order valence-electron chi connectivity index (χ0n) is 10.2. The van der Waals surface area contributed by atoms with Crippen LogP contribution in [0.1, 0.15) is 30.2 Å². The average molecular weight is 246 g/mol. The summed E-state index contributed by atoms with van der Waals surface area (Å²) in [6.45, 7) is 3.83. The lowest BCUT2D eigenvalue weighted by Gasteiger charge is -2.11. The number of carbonyl (C=O) groups is 1. The SMILES string of the molecule is CC(C)n1ccc2ccc(C(=O)NO)cc2c1=O. The van der Waals surface area contributed by atoms with Crippen LogP contribution in [0.2, 0.25) is 0 Å². The van der Waals surface area contributed by atoms with Crippen molar-refractivity contribution in [3.63, 3.8) is 0 Å². The summed E-state index contributed by atoms with van der Waals surface area (Å²) in [5, 5.41) is 9.82. The highest BCUT2D eigenvalue weighted by Crippen LogP contribution is 2.13. The van der Waals surface area contributed by atoms with Crippen LogP contribution in [0.5, 0.6) is 0 Å². The molecule has 2 rings (SSSR count). The third-order valence-electron chi connectivity index (χ3n) is 2.85. The number of hydrogen-bond donors (Lipinski definition) is 2. The third-order valence-corrected chi connectivity index (χ3v) is 2.85. The predicted octanol–water partition coefficient (Wildman–Crippen LogP) is 1.70. The molecule has 1 aromatic heterocycles. The highest BCUT2D eigenvalue weighted by atomic mass is 16.5. The first-order valence-corrected chi connectivity index (χ1v) is 5.64. The molecule has 1 amide bonds. The van der Waals surface area contributed by atoms with Gasteiger partial charge in [-0.05, 0) is 37.4 Å². The predicted molar refractivity (Wildman–Crippen MR) is 67.8 cm³/mol. The maximum Gasteiger partial charge on any atom is 0.274 e. The van der Waals surface area contributed by atoms with E-state index in [-0.39, 0.29) is 17.2 Å². The van der Waals surface area contributed by atoms with Crippen molar-refractivity contribution < 1.29 is 10.0 Å². The lowest BCUT2D eigenvalue weighted by atomic mass is 10.1. The fourth-order valence-electron chi connectivity index (χ4n) is 1.87. The summed E-state index contributed by atoms with van der Waals surface area (Å²) >= 11 is 0. The number of rotatable bonds is 2. The van der Waals surface area contributed by atoms with E-state index in [4.69, 9.17) is 5.21 Å². The molecule has 0 aliphatic rings. The second-order valence-corrected chi connectivity index (χ2v) is 4.36. The molecule has 0 unspecified atom stereocenters. The smallest absolute Gasteiger partial charge is 0.274 e. The minimum absolute atomic E-state index is 0.0530. The molecule has 94 valence electrons. The van der Waals surface area contributed by atoms with E-state index in [2.05, 4.69) is 0 Å². The van der Waals surface area contributed by atoms with E-state index < -0.39 is 5.91 Å². The molecule has 0 saturated heterocycles. The fraction of sp³-hybridized carbons (Fsp3) is 0.231. The van der Waals surface area contributed by atoms with Gasteiger partial charge >= 0.3 is 0 Å². The molecule has 0 fully saturated rings. The van der Waals surface area contributed by atoms with Crippen molar-refractivity contribution in [1.29, 1.82) is 0 Å². The van der Waals surface area contributed by atoms with Crippen molar-refractivity contribution in [3.05, 3.63) is 46.4 Å². The number of hydroxylamine groups is 1. The van der Waals surface area contributed by atoms with Crippen LogP contribution in [0, 0.1) is 0 Å². The van der Waals surface area contributed by atoms with Crippen molar-refractivity contribution in [2.45, 2.75) is 19.9 Å². The van der Waals surface area contributed by atoms with Crippen LogP contribution in [0.3, 0.4) is 0 Å². The van der Waals surface area contributed by atoms with Crippen LogP contribution in [-0.4, -0.2) is 15.7 Å². The second kappa shape index (κ2) is 4.62. The Bertz CT molecular complexity index is 659. The quantitative estimate of drug-likeness (QED) is 0.625. The van der Waals surface area contributed by atoms with Crippen LogP contribution in [0.15, 0.2) is 35.3 Å². The van der Waals surface area contributed by atoms with E-state index in [1.165, 1.54) is 6.07 Å². The Morgan fingerprint density at radius 3 is 2.67 bits per heavy atom. The van der Waals surface area contributed by atoms with Crippen molar-refractivity contribution in [1.82, 2.24) is 10.0 Å². The first kappa shape index (κ1) is 12.3. The molecule has 0 atom stereocenters. The molecule has 2 aromatic rings. The van der Waals surface area contributed by atoms with Gasteiger partial charge in [-0.25, -0.2) is 5.48 Å². The van der Waals surface area contributed by atoms with Crippen LogP contribution >= 0.6 is 0 Å². The summed E-state index contributed by atoms with van der Waals surface area (Å²) in [5.74, 6) is -0.628. The molecule has 1 heterocycles. The molecule has 5 heteroatoms. The number of hydrogen-bond acceptors (Lipinski definition) is 3. The number of pyridine rings is 1. The van der Waals surface area contributed by atoms with Gasteiger partial charge in [0, 0.05) is 23.2 Å². The van der Waals surface area contributed by atoms with Crippen LogP contribution < -0.4 is 11.0 Å². The fourth-order valence-corrected chi connectivity index (χ4v) is 1.87. The molecule has 0 spiro atoms. The van der Waals surface area contributed by atoms with E-state index in [0.717, 1.165) is 5.39 Å². The summed E-state index contributed by atoms with van der Waals surface area (Å²) in [4.78, 5) is 23.5. The van der Waals surface area contributed by atoms with Crippen molar-refractivity contribution in [2.24, 2.45) is 0 Å². The maximum absolute atomic E-state index is 12.2. The molecule has 18 heavy (non-hydrogen) atoms. The minimum atomic E-state index is -0.628. The Kier molecular flexibility index (Phi) is 3.16. The zero-order valence-corrected chi connectivity index (χ0v) is 10.2. The first-order valence-electron chi connectivity index (χ1n) is 5.64. The van der Waals surface area contributed by atoms with E-state index in [1.807, 2.05) is 19.9 Å². The average Bonchev–Trinajstić information content (AvgIpc) is 2.37. The van der Waals surface area contributed by atoms with Gasteiger partial charge in [-0.1, -0.05) is 6.07 Å². The molecule has 0 radical (unpaired) electrons. The molecule has 0 aliphatic carbocycles. The van der Waals surface area contributed by atoms with E-state index >= 15 is 0 Å².